The van der Waals surface area contributed by atoms with Gasteiger partial charge < -0.3 is 4.74 Å². The molecule has 0 heterocycles. The van der Waals surface area contributed by atoms with Crippen LogP contribution >= 0.6 is 11.6 Å². The first-order valence-corrected chi connectivity index (χ1v) is 10.8. The standard InChI is InChI=1S/C19H21ClFN3O5S/c1-3-24(4-2)30(27,28)15-8-9-17(20)16(11-15)19(26)23-22-18(25)12-29-14-7-5-6-13(21)10-14/h5-11H,3-4,12H2,1-2H3,(H,22,25)(H,23,26). The molecule has 0 aliphatic rings. The first kappa shape index (κ1) is 23.6. The summed E-state index contributed by atoms with van der Waals surface area (Å²) in [5.74, 6) is -1.89. The fraction of sp³-hybridized carbons (Fsp3) is 0.263. The van der Waals surface area contributed by atoms with Gasteiger partial charge in [0.05, 0.1) is 15.5 Å². The molecule has 0 spiro atoms. The van der Waals surface area contributed by atoms with Gasteiger partial charge in [0, 0.05) is 19.2 Å². The average molecular weight is 458 g/mol. The van der Waals surface area contributed by atoms with Crippen molar-refractivity contribution in [2.75, 3.05) is 19.7 Å². The summed E-state index contributed by atoms with van der Waals surface area (Å²) in [6.07, 6.45) is 0. The van der Waals surface area contributed by atoms with Gasteiger partial charge in [0.1, 0.15) is 11.6 Å². The Kier molecular flexibility index (Phi) is 8.16. The smallest absolute Gasteiger partial charge is 0.276 e. The molecule has 2 rings (SSSR count). The Balaban J connectivity index is 2.03. The summed E-state index contributed by atoms with van der Waals surface area (Å²) in [4.78, 5) is 24.1. The lowest BCUT2D eigenvalue weighted by Crippen LogP contribution is -2.44. The molecule has 0 saturated heterocycles. The van der Waals surface area contributed by atoms with E-state index in [0.29, 0.717) is 0 Å². The Morgan fingerprint density at radius 3 is 2.43 bits per heavy atom. The van der Waals surface area contributed by atoms with Crippen LogP contribution in [0, 0.1) is 5.82 Å². The average Bonchev–Trinajstić information content (AvgIpc) is 2.71. The summed E-state index contributed by atoms with van der Waals surface area (Å²) in [5.41, 5.74) is 4.13. The first-order valence-electron chi connectivity index (χ1n) is 8.96. The van der Waals surface area contributed by atoms with Gasteiger partial charge in [0.15, 0.2) is 6.61 Å². The van der Waals surface area contributed by atoms with Gasteiger partial charge >= 0.3 is 0 Å². The fourth-order valence-corrected chi connectivity index (χ4v) is 4.18. The number of benzene rings is 2. The van der Waals surface area contributed by atoms with Crippen molar-refractivity contribution < 1.29 is 27.1 Å². The van der Waals surface area contributed by atoms with Crippen LogP contribution in [0.15, 0.2) is 47.4 Å². The molecule has 0 radical (unpaired) electrons. The molecule has 0 fully saturated rings. The normalized spacial score (nSPS) is 11.2. The largest absolute Gasteiger partial charge is 0.484 e. The van der Waals surface area contributed by atoms with E-state index in [4.69, 9.17) is 16.3 Å². The van der Waals surface area contributed by atoms with Crippen molar-refractivity contribution in [2.24, 2.45) is 0 Å². The van der Waals surface area contributed by atoms with Crippen LogP contribution < -0.4 is 15.6 Å². The third kappa shape index (κ3) is 5.91. The SMILES string of the molecule is CCN(CC)S(=O)(=O)c1ccc(Cl)c(C(=O)NNC(=O)COc2cccc(F)c2)c1. The highest BCUT2D eigenvalue weighted by Gasteiger charge is 2.24. The minimum Gasteiger partial charge on any atom is -0.484 e. The zero-order valence-corrected chi connectivity index (χ0v) is 17.9. The minimum absolute atomic E-state index is 0.0104. The lowest BCUT2D eigenvalue weighted by molar-refractivity contribution is -0.123. The second-order valence-electron chi connectivity index (χ2n) is 5.98. The molecular weight excluding hydrogens is 437 g/mol. The highest BCUT2D eigenvalue weighted by atomic mass is 35.5. The van der Waals surface area contributed by atoms with Gasteiger partial charge in [-0.25, -0.2) is 12.8 Å². The van der Waals surface area contributed by atoms with Crippen molar-refractivity contribution >= 4 is 33.4 Å². The molecule has 162 valence electrons. The number of hydrogen-bond donors (Lipinski definition) is 2. The fourth-order valence-electron chi connectivity index (χ4n) is 2.49. The van der Waals surface area contributed by atoms with Crippen LogP contribution in [-0.4, -0.2) is 44.2 Å². The number of amides is 2. The predicted octanol–water partition coefficient (Wildman–Crippen LogP) is 2.35. The second-order valence-corrected chi connectivity index (χ2v) is 8.32. The minimum atomic E-state index is -3.79. The summed E-state index contributed by atoms with van der Waals surface area (Å²) >= 11 is 6.02. The van der Waals surface area contributed by atoms with Crippen LogP contribution in [0.1, 0.15) is 24.2 Å². The van der Waals surface area contributed by atoms with Crippen LogP contribution in [0.3, 0.4) is 0 Å². The van der Waals surface area contributed by atoms with Gasteiger partial charge in [-0.3, -0.25) is 20.4 Å². The maximum atomic E-state index is 13.1. The molecule has 0 saturated carbocycles. The Hall–Kier alpha value is -2.69. The number of ether oxygens (including phenoxy) is 1. The van der Waals surface area contributed by atoms with E-state index >= 15 is 0 Å². The molecule has 2 aromatic rings. The van der Waals surface area contributed by atoms with E-state index in [0.717, 1.165) is 12.1 Å². The molecule has 0 aromatic heterocycles. The van der Waals surface area contributed by atoms with Gasteiger partial charge in [-0.1, -0.05) is 31.5 Å². The second kappa shape index (κ2) is 10.4. The number of hydrazine groups is 1. The highest BCUT2D eigenvalue weighted by molar-refractivity contribution is 7.89. The third-order valence-corrected chi connectivity index (χ3v) is 6.38. The molecule has 2 amide bonds. The van der Waals surface area contributed by atoms with Gasteiger partial charge in [-0.2, -0.15) is 4.31 Å². The summed E-state index contributed by atoms with van der Waals surface area (Å²) in [6.45, 7) is 3.46. The molecule has 11 heteroatoms. The zero-order valence-electron chi connectivity index (χ0n) is 16.3. The van der Waals surface area contributed by atoms with E-state index < -0.39 is 34.3 Å². The maximum Gasteiger partial charge on any atom is 0.276 e. The van der Waals surface area contributed by atoms with Crippen LogP contribution in [0.2, 0.25) is 5.02 Å². The number of nitrogens with one attached hydrogen (secondary N) is 2. The van der Waals surface area contributed by atoms with Crippen LogP contribution in [0.4, 0.5) is 4.39 Å². The van der Waals surface area contributed by atoms with Gasteiger partial charge in [0.25, 0.3) is 11.8 Å². The lowest BCUT2D eigenvalue weighted by atomic mass is 10.2. The molecule has 30 heavy (non-hydrogen) atoms. The number of rotatable bonds is 8. The summed E-state index contributed by atoms with van der Waals surface area (Å²) in [5, 5.41) is 0.0104. The number of carbonyl (C=O) groups excluding carboxylic acids is 2. The van der Waals surface area contributed by atoms with Gasteiger partial charge in [-0.05, 0) is 30.3 Å². The summed E-state index contributed by atoms with van der Waals surface area (Å²) in [6, 6.07) is 8.96. The third-order valence-electron chi connectivity index (χ3n) is 4.01. The number of hydrogen-bond acceptors (Lipinski definition) is 5. The molecule has 0 atom stereocenters. The number of nitrogens with zero attached hydrogens (tertiary/aromatic N) is 1. The molecule has 2 N–H and O–H groups in total. The summed E-state index contributed by atoms with van der Waals surface area (Å²) in [7, 11) is -3.79. The monoisotopic (exact) mass is 457 g/mol. The Labute approximate surface area is 179 Å². The molecule has 0 aliphatic heterocycles. The van der Waals surface area contributed by atoms with Crippen molar-refractivity contribution in [3.05, 3.63) is 58.9 Å². The van der Waals surface area contributed by atoms with Crippen molar-refractivity contribution in [2.45, 2.75) is 18.7 Å². The molecule has 0 bridgehead atoms. The van der Waals surface area contributed by atoms with Crippen LogP contribution in [0.25, 0.3) is 0 Å². The van der Waals surface area contributed by atoms with E-state index in [9.17, 15) is 22.4 Å². The van der Waals surface area contributed by atoms with Crippen LogP contribution in [-0.2, 0) is 14.8 Å². The molecule has 0 unspecified atom stereocenters. The quantitative estimate of drug-likeness (QED) is 0.592. The van der Waals surface area contributed by atoms with Crippen molar-refractivity contribution in [1.29, 1.82) is 0 Å². The van der Waals surface area contributed by atoms with Crippen LogP contribution in [0.5, 0.6) is 5.75 Å². The molecular formula is C19H21ClFN3O5S. The molecule has 2 aromatic carbocycles. The highest BCUT2D eigenvalue weighted by Crippen LogP contribution is 2.23. The van der Waals surface area contributed by atoms with Crippen molar-refractivity contribution in [1.82, 2.24) is 15.2 Å². The maximum absolute atomic E-state index is 13.1. The lowest BCUT2D eigenvalue weighted by Gasteiger charge is -2.19. The first-order chi connectivity index (χ1) is 14.2. The topological polar surface area (TPSA) is 105 Å². The number of halogens is 2. The van der Waals surface area contributed by atoms with E-state index in [1.807, 2.05) is 0 Å². The predicted molar refractivity (Wildman–Crippen MR) is 109 cm³/mol. The molecule has 0 aliphatic carbocycles. The van der Waals surface area contributed by atoms with E-state index in [1.54, 1.807) is 13.8 Å². The number of carbonyl (C=O) groups is 2. The van der Waals surface area contributed by atoms with E-state index in [1.165, 1.54) is 34.6 Å². The van der Waals surface area contributed by atoms with Crippen molar-refractivity contribution in [3.8, 4) is 5.75 Å². The summed E-state index contributed by atoms with van der Waals surface area (Å²) < 4.78 is 44.7. The van der Waals surface area contributed by atoms with Gasteiger partial charge in [-0.15, -0.1) is 0 Å². The number of sulfonamides is 1. The Morgan fingerprint density at radius 1 is 1.10 bits per heavy atom. The Morgan fingerprint density at radius 2 is 1.80 bits per heavy atom. The van der Waals surface area contributed by atoms with Gasteiger partial charge in [0.2, 0.25) is 10.0 Å². The van der Waals surface area contributed by atoms with E-state index in [-0.39, 0.29) is 34.3 Å². The zero-order chi connectivity index (χ0) is 22.3. The van der Waals surface area contributed by atoms with Crippen molar-refractivity contribution in [3.63, 3.8) is 0 Å². The van der Waals surface area contributed by atoms with E-state index in [2.05, 4.69) is 10.9 Å². The molecule has 8 nitrogen and oxygen atoms in total. The Bertz CT molecular complexity index is 1030.